The van der Waals surface area contributed by atoms with Crippen LogP contribution in [0.25, 0.3) is 0 Å². The molecule has 0 amide bonds. The van der Waals surface area contributed by atoms with E-state index in [2.05, 4.69) is 16.0 Å². The molecule has 6 N–H and O–H groups in total. The second-order valence-corrected chi connectivity index (χ2v) is 5.96. The minimum atomic E-state index is -0.730. The van der Waals surface area contributed by atoms with Crippen LogP contribution in [0.1, 0.15) is 38.5 Å². The molecule has 3 fully saturated rings. The molecule has 3 heterocycles. The van der Waals surface area contributed by atoms with E-state index in [1.165, 1.54) is 0 Å². The van der Waals surface area contributed by atoms with Crippen LogP contribution in [0.2, 0.25) is 0 Å². The van der Waals surface area contributed by atoms with Gasteiger partial charge in [-0.1, -0.05) is 6.42 Å². The fourth-order valence-electron chi connectivity index (χ4n) is 2.46. The first-order valence-electron chi connectivity index (χ1n) is 8.30. The second-order valence-electron chi connectivity index (χ2n) is 5.96. The third-order valence-corrected chi connectivity index (χ3v) is 4.09. The Balaban J connectivity index is 0.000000181. The van der Waals surface area contributed by atoms with Gasteiger partial charge in [0.05, 0.1) is 0 Å². The predicted molar refractivity (Wildman–Crippen MR) is 86.0 cm³/mol. The van der Waals surface area contributed by atoms with Gasteiger partial charge in [-0.2, -0.15) is 0 Å². The van der Waals surface area contributed by atoms with Crippen molar-refractivity contribution >= 4 is 17.9 Å². The Morgan fingerprint density at radius 1 is 0.583 bits per heavy atom. The molecule has 0 aromatic rings. The molecule has 0 bridgehead atoms. The SMILES string of the molecule is O=C(O)C1CCCCN1.O=C(O)C1CCN1.O=C(O)[C@@H]1CCCN1. The molecule has 9 nitrogen and oxygen atoms in total. The topological polar surface area (TPSA) is 148 Å². The molecule has 3 aliphatic rings. The molecule has 0 aromatic carbocycles. The highest BCUT2D eigenvalue weighted by Crippen LogP contribution is 2.06. The highest BCUT2D eigenvalue weighted by Gasteiger charge is 2.23. The molecule has 9 heteroatoms. The summed E-state index contributed by atoms with van der Waals surface area (Å²) < 4.78 is 0. The van der Waals surface area contributed by atoms with Gasteiger partial charge in [-0.05, 0) is 51.7 Å². The summed E-state index contributed by atoms with van der Waals surface area (Å²) in [5, 5.41) is 33.5. The Labute approximate surface area is 140 Å². The smallest absolute Gasteiger partial charge is 0.320 e. The largest absolute Gasteiger partial charge is 0.480 e. The van der Waals surface area contributed by atoms with Crippen LogP contribution in [0.5, 0.6) is 0 Å². The van der Waals surface area contributed by atoms with E-state index in [0.717, 1.165) is 58.2 Å². The van der Waals surface area contributed by atoms with E-state index < -0.39 is 17.9 Å². The average molecular weight is 345 g/mol. The zero-order chi connectivity index (χ0) is 17.9. The molecule has 2 unspecified atom stereocenters. The molecular weight excluding hydrogens is 318 g/mol. The number of aliphatic carboxylic acids is 3. The van der Waals surface area contributed by atoms with Crippen molar-refractivity contribution in [2.75, 3.05) is 19.6 Å². The number of nitrogens with one attached hydrogen (secondary N) is 3. The van der Waals surface area contributed by atoms with Crippen molar-refractivity contribution in [1.82, 2.24) is 16.0 Å². The standard InChI is InChI=1S/C6H11NO2.C5H9NO2.C4H7NO2/c8-6(9)5-3-1-2-4-7-5;7-5(8)4-2-1-3-6-4;6-4(7)3-1-2-5-3/h5,7H,1-4H2,(H,8,9);4,6H,1-3H2,(H,7,8);3,5H,1-2H2,(H,6,7)/t;4-;/m.0./s1. The number of carboxylic acid groups (broad SMARTS) is 3. The van der Waals surface area contributed by atoms with Crippen molar-refractivity contribution < 1.29 is 29.7 Å². The Hall–Kier alpha value is -1.71. The van der Waals surface area contributed by atoms with Crippen LogP contribution in [0.4, 0.5) is 0 Å². The van der Waals surface area contributed by atoms with Gasteiger partial charge >= 0.3 is 17.9 Å². The van der Waals surface area contributed by atoms with E-state index in [1.54, 1.807) is 0 Å². The van der Waals surface area contributed by atoms with Gasteiger partial charge in [-0.25, -0.2) is 0 Å². The summed E-state index contributed by atoms with van der Waals surface area (Å²) in [6.07, 6.45) is 5.52. The summed E-state index contributed by atoms with van der Waals surface area (Å²) in [6, 6.07) is -0.797. The molecule has 0 saturated carbocycles. The van der Waals surface area contributed by atoms with Crippen LogP contribution in [-0.2, 0) is 14.4 Å². The zero-order valence-electron chi connectivity index (χ0n) is 13.7. The number of piperidine rings is 1. The van der Waals surface area contributed by atoms with Crippen LogP contribution in [0.15, 0.2) is 0 Å². The Morgan fingerprint density at radius 2 is 0.958 bits per heavy atom. The molecule has 3 saturated heterocycles. The summed E-state index contributed by atoms with van der Waals surface area (Å²) in [5.41, 5.74) is 0. The maximum atomic E-state index is 10.3. The van der Waals surface area contributed by atoms with Crippen LogP contribution in [-0.4, -0.2) is 71.0 Å². The summed E-state index contributed by atoms with van der Waals surface area (Å²) in [5.74, 6) is -2.16. The lowest BCUT2D eigenvalue weighted by molar-refractivity contribution is -0.141. The fraction of sp³-hybridized carbons (Fsp3) is 0.800. The van der Waals surface area contributed by atoms with Crippen molar-refractivity contribution in [2.24, 2.45) is 0 Å². The maximum Gasteiger partial charge on any atom is 0.320 e. The van der Waals surface area contributed by atoms with E-state index in [0.29, 0.717) is 0 Å². The number of carboxylic acids is 3. The first-order valence-corrected chi connectivity index (χ1v) is 8.30. The van der Waals surface area contributed by atoms with E-state index >= 15 is 0 Å². The highest BCUT2D eigenvalue weighted by atomic mass is 16.4. The molecule has 0 radical (unpaired) electrons. The molecule has 24 heavy (non-hydrogen) atoms. The molecular formula is C15H27N3O6. The lowest BCUT2D eigenvalue weighted by atomic mass is 10.1. The zero-order valence-corrected chi connectivity index (χ0v) is 13.7. The Morgan fingerprint density at radius 3 is 1.17 bits per heavy atom. The molecule has 3 atom stereocenters. The number of rotatable bonds is 3. The molecule has 0 aromatic heterocycles. The third kappa shape index (κ3) is 7.71. The second kappa shape index (κ2) is 11.0. The molecule has 3 rings (SSSR count). The van der Waals surface area contributed by atoms with Gasteiger partial charge in [-0.3, -0.25) is 14.4 Å². The van der Waals surface area contributed by atoms with Crippen molar-refractivity contribution in [3.8, 4) is 0 Å². The van der Waals surface area contributed by atoms with E-state index in [4.69, 9.17) is 15.3 Å². The van der Waals surface area contributed by atoms with Crippen molar-refractivity contribution in [3.05, 3.63) is 0 Å². The van der Waals surface area contributed by atoms with Gasteiger partial charge in [-0.15, -0.1) is 0 Å². The molecule has 0 aliphatic carbocycles. The van der Waals surface area contributed by atoms with Gasteiger partial charge in [0.1, 0.15) is 18.1 Å². The van der Waals surface area contributed by atoms with Crippen LogP contribution < -0.4 is 16.0 Å². The predicted octanol–water partition coefficient (Wildman–Crippen LogP) is -0.531. The first-order chi connectivity index (χ1) is 11.4. The van der Waals surface area contributed by atoms with Crippen molar-refractivity contribution in [1.29, 1.82) is 0 Å². The van der Waals surface area contributed by atoms with Crippen LogP contribution in [0, 0.1) is 0 Å². The van der Waals surface area contributed by atoms with Gasteiger partial charge < -0.3 is 31.3 Å². The summed E-state index contributed by atoms with van der Waals surface area (Å²) in [4.78, 5) is 30.4. The lowest BCUT2D eigenvalue weighted by Crippen LogP contribution is -2.48. The van der Waals surface area contributed by atoms with E-state index in [9.17, 15) is 14.4 Å². The number of hydrogen-bond donors (Lipinski definition) is 6. The molecule has 0 spiro atoms. The molecule has 138 valence electrons. The van der Waals surface area contributed by atoms with E-state index in [1.807, 2.05) is 0 Å². The monoisotopic (exact) mass is 345 g/mol. The minimum Gasteiger partial charge on any atom is -0.480 e. The summed E-state index contributed by atoms with van der Waals surface area (Å²) in [7, 11) is 0. The summed E-state index contributed by atoms with van der Waals surface area (Å²) in [6.45, 7) is 2.57. The number of hydrogen-bond acceptors (Lipinski definition) is 6. The van der Waals surface area contributed by atoms with Gasteiger partial charge in [0.15, 0.2) is 0 Å². The Kier molecular flexibility index (Phi) is 9.28. The Bertz CT molecular complexity index is 415. The quantitative estimate of drug-likeness (QED) is 0.397. The minimum absolute atomic E-state index is 0.250. The lowest BCUT2D eigenvalue weighted by Gasteiger charge is -2.22. The van der Waals surface area contributed by atoms with E-state index in [-0.39, 0.29) is 18.1 Å². The average Bonchev–Trinajstić information content (AvgIpc) is 3.01. The van der Waals surface area contributed by atoms with Crippen LogP contribution in [0.3, 0.4) is 0 Å². The maximum absolute atomic E-state index is 10.3. The highest BCUT2D eigenvalue weighted by molar-refractivity contribution is 5.74. The normalized spacial score (nSPS) is 28.2. The third-order valence-electron chi connectivity index (χ3n) is 4.09. The first kappa shape index (κ1) is 20.3. The van der Waals surface area contributed by atoms with Crippen molar-refractivity contribution in [3.63, 3.8) is 0 Å². The molecule has 3 aliphatic heterocycles. The fourth-order valence-corrected chi connectivity index (χ4v) is 2.46. The van der Waals surface area contributed by atoms with Crippen LogP contribution >= 0.6 is 0 Å². The summed E-state index contributed by atoms with van der Waals surface area (Å²) >= 11 is 0. The van der Waals surface area contributed by atoms with Gasteiger partial charge in [0, 0.05) is 0 Å². The van der Waals surface area contributed by atoms with Crippen molar-refractivity contribution in [2.45, 2.75) is 56.7 Å². The van der Waals surface area contributed by atoms with Gasteiger partial charge in [0.25, 0.3) is 0 Å². The number of carbonyl (C=O) groups is 3. The van der Waals surface area contributed by atoms with Gasteiger partial charge in [0.2, 0.25) is 0 Å².